The summed E-state index contributed by atoms with van der Waals surface area (Å²) in [4.78, 5) is 10.8. The zero-order chi connectivity index (χ0) is 11.0. The molecule has 16 heavy (non-hydrogen) atoms. The molecular weight excluding hydrogens is 204 g/mol. The number of hydrogen-bond donors (Lipinski definition) is 1. The Hall–Kier alpha value is -2.43. The van der Waals surface area contributed by atoms with E-state index in [1.54, 1.807) is 29.3 Å². The van der Waals surface area contributed by atoms with Crippen molar-refractivity contribution in [3.8, 4) is 11.3 Å². The van der Waals surface area contributed by atoms with Gasteiger partial charge in [-0.05, 0) is 18.2 Å². The molecule has 0 spiro atoms. The van der Waals surface area contributed by atoms with Gasteiger partial charge in [0.05, 0.1) is 11.9 Å². The summed E-state index contributed by atoms with van der Waals surface area (Å²) in [6.07, 6.45) is 6.06. The Labute approximate surface area is 91.4 Å². The molecule has 0 fully saturated rings. The number of hydrogen-bond acceptors (Lipinski definition) is 4. The minimum absolute atomic E-state index is 0.634. The van der Waals surface area contributed by atoms with Gasteiger partial charge in [-0.15, -0.1) is 5.10 Å². The minimum atomic E-state index is 0.634. The summed E-state index contributed by atoms with van der Waals surface area (Å²) in [6.45, 7) is 0. The van der Waals surface area contributed by atoms with E-state index < -0.39 is 0 Å². The maximum atomic E-state index is 10.8. The number of aldehydes is 1. The predicted octanol–water partition coefficient (Wildman–Crippen LogP) is 1.61. The van der Waals surface area contributed by atoms with Crippen molar-refractivity contribution in [3.63, 3.8) is 0 Å². The van der Waals surface area contributed by atoms with Crippen molar-refractivity contribution < 1.29 is 4.79 Å². The van der Waals surface area contributed by atoms with E-state index in [9.17, 15) is 4.79 Å². The monoisotopic (exact) mass is 212 g/mol. The lowest BCUT2D eigenvalue weighted by Gasteiger charge is -2.06. The van der Waals surface area contributed by atoms with Crippen molar-refractivity contribution in [2.75, 3.05) is 5.32 Å². The molecule has 1 aliphatic rings. The molecule has 0 bridgehead atoms. The van der Waals surface area contributed by atoms with Crippen molar-refractivity contribution in [3.05, 3.63) is 36.2 Å². The number of nitrogens with one attached hydrogen (secondary N) is 1. The lowest BCUT2D eigenvalue weighted by atomic mass is 10.1. The number of aromatic nitrogens is 3. The number of benzene rings is 1. The van der Waals surface area contributed by atoms with Gasteiger partial charge in [-0.3, -0.25) is 4.79 Å². The number of nitrogens with zero attached hydrogens (tertiary/aromatic N) is 3. The van der Waals surface area contributed by atoms with Crippen LogP contribution in [-0.2, 0) is 0 Å². The molecule has 5 heteroatoms. The summed E-state index contributed by atoms with van der Waals surface area (Å²) in [5.41, 5.74) is 3.35. The Morgan fingerprint density at radius 1 is 1.38 bits per heavy atom. The highest BCUT2D eigenvalue weighted by molar-refractivity contribution is 5.85. The third-order valence-electron chi connectivity index (χ3n) is 2.49. The van der Waals surface area contributed by atoms with E-state index in [0.717, 1.165) is 23.2 Å². The zero-order valence-corrected chi connectivity index (χ0v) is 8.29. The second-order valence-corrected chi connectivity index (χ2v) is 3.45. The van der Waals surface area contributed by atoms with Crippen LogP contribution in [0.3, 0.4) is 0 Å². The van der Waals surface area contributed by atoms with Crippen molar-refractivity contribution in [1.29, 1.82) is 0 Å². The molecule has 2 heterocycles. The van der Waals surface area contributed by atoms with Gasteiger partial charge in [0.25, 0.3) is 0 Å². The largest absolute Gasteiger partial charge is 0.360 e. The van der Waals surface area contributed by atoms with Gasteiger partial charge in [0, 0.05) is 29.2 Å². The third-order valence-corrected chi connectivity index (χ3v) is 2.49. The fraction of sp³-hybridized carbons (Fsp3) is 0. The Morgan fingerprint density at radius 2 is 2.31 bits per heavy atom. The molecule has 0 radical (unpaired) electrons. The smallest absolute Gasteiger partial charge is 0.150 e. The quantitative estimate of drug-likeness (QED) is 0.729. The van der Waals surface area contributed by atoms with Crippen molar-refractivity contribution in [2.24, 2.45) is 0 Å². The summed E-state index contributed by atoms with van der Waals surface area (Å²) in [5.74, 6) is 0. The topological polar surface area (TPSA) is 59.8 Å². The summed E-state index contributed by atoms with van der Waals surface area (Å²) in [6, 6.07) is 5.45. The number of fused-ring (bicyclic) bond motifs is 3. The van der Waals surface area contributed by atoms with E-state index in [4.69, 9.17) is 0 Å². The molecular formula is C11H8N4O. The van der Waals surface area contributed by atoms with Gasteiger partial charge in [0.15, 0.2) is 0 Å². The number of carbonyl (C=O) groups is 1. The lowest BCUT2D eigenvalue weighted by molar-refractivity contribution is 0.112. The molecule has 0 aliphatic carbocycles. The first-order valence-corrected chi connectivity index (χ1v) is 4.81. The Bertz CT molecular complexity index is 585. The van der Waals surface area contributed by atoms with Crippen molar-refractivity contribution >= 4 is 18.2 Å². The van der Waals surface area contributed by atoms with Crippen LogP contribution in [0.15, 0.2) is 30.6 Å². The first-order chi connectivity index (χ1) is 7.88. The zero-order valence-electron chi connectivity index (χ0n) is 8.29. The summed E-state index contributed by atoms with van der Waals surface area (Å²) in [5, 5.41) is 10.9. The maximum Gasteiger partial charge on any atom is 0.150 e. The average Bonchev–Trinajstić information content (AvgIpc) is 2.71. The number of rotatable bonds is 1. The van der Waals surface area contributed by atoms with Crippen LogP contribution in [0.2, 0.25) is 0 Å². The molecule has 1 aromatic heterocycles. The van der Waals surface area contributed by atoms with Crippen LogP contribution in [0.25, 0.3) is 17.5 Å². The molecule has 0 unspecified atom stereocenters. The molecule has 2 aromatic rings. The van der Waals surface area contributed by atoms with Gasteiger partial charge in [-0.25, -0.2) is 4.68 Å². The summed E-state index contributed by atoms with van der Waals surface area (Å²) >= 11 is 0. The fourth-order valence-corrected chi connectivity index (χ4v) is 1.72. The van der Waals surface area contributed by atoms with Crippen LogP contribution in [0, 0.1) is 0 Å². The van der Waals surface area contributed by atoms with Gasteiger partial charge in [0.2, 0.25) is 0 Å². The minimum Gasteiger partial charge on any atom is -0.360 e. The van der Waals surface area contributed by atoms with E-state index in [-0.39, 0.29) is 0 Å². The van der Waals surface area contributed by atoms with Crippen molar-refractivity contribution in [1.82, 2.24) is 15.0 Å². The van der Waals surface area contributed by atoms with Crippen molar-refractivity contribution in [2.45, 2.75) is 0 Å². The SMILES string of the molecule is O=Cc1ccc2c(c1)-c1cnnn1C=CN2. The molecule has 0 atom stereocenters. The Balaban J connectivity index is 2.29. The van der Waals surface area contributed by atoms with E-state index in [2.05, 4.69) is 15.6 Å². The highest BCUT2D eigenvalue weighted by Gasteiger charge is 2.12. The van der Waals surface area contributed by atoms with Gasteiger partial charge < -0.3 is 5.32 Å². The first kappa shape index (κ1) is 8.84. The predicted molar refractivity (Wildman–Crippen MR) is 59.8 cm³/mol. The third kappa shape index (κ3) is 1.22. The van der Waals surface area contributed by atoms with Crippen LogP contribution >= 0.6 is 0 Å². The number of carbonyl (C=O) groups excluding carboxylic acids is 1. The Morgan fingerprint density at radius 3 is 3.19 bits per heavy atom. The van der Waals surface area contributed by atoms with Gasteiger partial charge in [-0.2, -0.15) is 0 Å². The average molecular weight is 212 g/mol. The van der Waals surface area contributed by atoms with Gasteiger partial charge in [0.1, 0.15) is 6.29 Å². The summed E-state index contributed by atoms with van der Waals surface area (Å²) in [7, 11) is 0. The van der Waals surface area contributed by atoms with Crippen LogP contribution in [0.4, 0.5) is 5.69 Å². The number of anilines is 1. The molecule has 1 N–H and O–H groups in total. The second kappa shape index (κ2) is 3.30. The maximum absolute atomic E-state index is 10.8. The van der Waals surface area contributed by atoms with Crippen LogP contribution in [-0.4, -0.2) is 21.3 Å². The van der Waals surface area contributed by atoms with Gasteiger partial charge >= 0.3 is 0 Å². The molecule has 0 saturated carbocycles. The highest BCUT2D eigenvalue weighted by Crippen LogP contribution is 2.30. The summed E-state index contributed by atoms with van der Waals surface area (Å²) < 4.78 is 1.66. The van der Waals surface area contributed by atoms with Gasteiger partial charge in [-0.1, -0.05) is 5.21 Å². The highest BCUT2D eigenvalue weighted by atomic mass is 16.1. The molecule has 1 aliphatic heterocycles. The fourth-order valence-electron chi connectivity index (χ4n) is 1.72. The molecule has 3 rings (SSSR count). The second-order valence-electron chi connectivity index (χ2n) is 3.45. The lowest BCUT2D eigenvalue weighted by Crippen LogP contribution is -1.92. The molecule has 5 nitrogen and oxygen atoms in total. The first-order valence-electron chi connectivity index (χ1n) is 4.81. The molecule has 0 amide bonds. The standard InChI is InChI=1S/C11H8N4O/c16-7-8-1-2-10-9(5-8)11-6-13-14-15(11)4-3-12-10/h1-7,12H. The normalized spacial score (nSPS) is 12.2. The molecule has 78 valence electrons. The van der Waals surface area contributed by atoms with E-state index >= 15 is 0 Å². The van der Waals surface area contributed by atoms with Crippen LogP contribution in [0.1, 0.15) is 10.4 Å². The molecule has 1 aromatic carbocycles. The van der Waals surface area contributed by atoms with E-state index in [1.165, 1.54) is 0 Å². The van der Waals surface area contributed by atoms with E-state index in [1.807, 2.05) is 12.1 Å². The van der Waals surface area contributed by atoms with E-state index in [0.29, 0.717) is 5.56 Å². The molecule has 0 saturated heterocycles. The van der Waals surface area contributed by atoms with Crippen LogP contribution in [0.5, 0.6) is 0 Å². The van der Waals surface area contributed by atoms with Crippen LogP contribution < -0.4 is 5.32 Å². The Kier molecular flexibility index (Phi) is 1.83.